The lowest BCUT2D eigenvalue weighted by Gasteiger charge is -2.30. The summed E-state index contributed by atoms with van der Waals surface area (Å²) >= 11 is 0. The minimum atomic E-state index is -3.61. The normalized spacial score (nSPS) is 17.6. The van der Waals surface area contributed by atoms with E-state index in [1.165, 1.54) is 16.6 Å². The Morgan fingerprint density at radius 3 is 2.79 bits per heavy atom. The fourth-order valence-corrected chi connectivity index (χ4v) is 3.63. The number of nitrogens with two attached hydrogens (primary N) is 1. The van der Waals surface area contributed by atoms with Crippen molar-refractivity contribution in [3.63, 3.8) is 0 Å². The zero-order valence-corrected chi connectivity index (χ0v) is 11.6. The number of nitrogens with zero attached hydrogens (tertiary/aromatic N) is 2. The highest BCUT2D eigenvalue weighted by molar-refractivity contribution is 7.89. The molecule has 19 heavy (non-hydrogen) atoms. The van der Waals surface area contributed by atoms with Gasteiger partial charge in [0.05, 0.1) is 0 Å². The number of anilines is 1. The summed E-state index contributed by atoms with van der Waals surface area (Å²) in [4.78, 5) is 4.01. The van der Waals surface area contributed by atoms with E-state index in [4.69, 9.17) is 10.6 Å². The first-order valence-corrected chi connectivity index (χ1v) is 7.49. The lowest BCUT2D eigenvalue weighted by atomic mass is 10.1. The van der Waals surface area contributed by atoms with E-state index in [0.717, 1.165) is 0 Å². The first-order valence-electron chi connectivity index (χ1n) is 6.05. The van der Waals surface area contributed by atoms with Crippen molar-refractivity contribution in [2.45, 2.75) is 23.8 Å². The number of rotatable bonds is 4. The van der Waals surface area contributed by atoms with Gasteiger partial charge in [0, 0.05) is 32.5 Å². The number of hydrazine groups is 1. The molecule has 1 aromatic heterocycles. The fourth-order valence-electron chi connectivity index (χ4n) is 2.11. The quantitative estimate of drug-likeness (QED) is 0.605. The van der Waals surface area contributed by atoms with Gasteiger partial charge in [-0.3, -0.25) is 0 Å². The summed E-state index contributed by atoms with van der Waals surface area (Å²) in [5.41, 5.74) is 2.32. The Morgan fingerprint density at radius 1 is 1.47 bits per heavy atom. The van der Waals surface area contributed by atoms with Crippen molar-refractivity contribution >= 4 is 15.8 Å². The molecule has 0 aromatic carbocycles. The van der Waals surface area contributed by atoms with Crippen molar-refractivity contribution in [3.8, 4) is 0 Å². The molecule has 0 unspecified atom stereocenters. The van der Waals surface area contributed by atoms with Crippen LogP contribution in [0.4, 0.5) is 5.82 Å². The van der Waals surface area contributed by atoms with Gasteiger partial charge < -0.3 is 10.2 Å². The number of aromatic nitrogens is 1. The number of sulfonamides is 1. The second-order valence-electron chi connectivity index (χ2n) is 4.36. The van der Waals surface area contributed by atoms with E-state index < -0.39 is 10.0 Å². The maximum atomic E-state index is 12.6. The lowest BCUT2D eigenvalue weighted by Crippen LogP contribution is -2.40. The predicted octanol–water partition coefficient (Wildman–Crippen LogP) is 0.167. The second-order valence-corrected chi connectivity index (χ2v) is 6.33. The van der Waals surface area contributed by atoms with E-state index in [1.54, 1.807) is 13.1 Å². The van der Waals surface area contributed by atoms with E-state index in [1.807, 2.05) is 0 Å². The molecule has 0 atom stereocenters. The summed E-state index contributed by atoms with van der Waals surface area (Å²) < 4.78 is 31.8. The molecule has 1 aliphatic heterocycles. The van der Waals surface area contributed by atoms with E-state index >= 15 is 0 Å². The van der Waals surface area contributed by atoms with Crippen molar-refractivity contribution in [1.29, 1.82) is 0 Å². The zero-order chi connectivity index (χ0) is 13.9. The third-order valence-corrected chi connectivity index (χ3v) is 5.21. The van der Waals surface area contributed by atoms with Crippen molar-refractivity contribution < 1.29 is 13.2 Å². The van der Waals surface area contributed by atoms with Crippen LogP contribution in [-0.2, 0) is 14.8 Å². The van der Waals surface area contributed by atoms with E-state index in [0.29, 0.717) is 26.1 Å². The molecule has 2 heterocycles. The molecular formula is C11H18N4O3S. The Morgan fingerprint density at radius 2 is 2.16 bits per heavy atom. The number of hydrogen-bond acceptors (Lipinski definition) is 6. The maximum absolute atomic E-state index is 12.6. The standard InChI is InChI=1S/C11H18N4O3S/c1-15(9-4-7-18-8-5-9)19(16,17)10-3-2-6-13-11(10)14-12/h2-3,6,9H,4-5,7-8,12H2,1H3,(H,13,14). The number of nitrogens with one attached hydrogen (secondary N) is 1. The molecule has 1 aliphatic rings. The second kappa shape index (κ2) is 5.83. The van der Waals surface area contributed by atoms with Gasteiger partial charge in [0.1, 0.15) is 4.90 Å². The molecule has 0 radical (unpaired) electrons. The molecule has 1 fully saturated rings. The van der Waals surface area contributed by atoms with Gasteiger partial charge >= 0.3 is 0 Å². The fraction of sp³-hybridized carbons (Fsp3) is 0.545. The van der Waals surface area contributed by atoms with Gasteiger partial charge in [-0.2, -0.15) is 4.31 Å². The van der Waals surface area contributed by atoms with Crippen LogP contribution >= 0.6 is 0 Å². The summed E-state index contributed by atoms with van der Waals surface area (Å²) in [6.07, 6.45) is 2.88. The maximum Gasteiger partial charge on any atom is 0.246 e. The van der Waals surface area contributed by atoms with Gasteiger partial charge in [0.2, 0.25) is 10.0 Å². The van der Waals surface area contributed by atoms with Crippen LogP contribution in [0.25, 0.3) is 0 Å². The highest BCUT2D eigenvalue weighted by Gasteiger charge is 2.31. The van der Waals surface area contributed by atoms with Crippen molar-refractivity contribution in [3.05, 3.63) is 18.3 Å². The Labute approximate surface area is 112 Å². The number of hydrogen-bond donors (Lipinski definition) is 2. The number of nitrogen functional groups attached to an aromatic ring is 1. The molecular weight excluding hydrogens is 268 g/mol. The van der Waals surface area contributed by atoms with Crippen LogP contribution in [0.2, 0.25) is 0 Å². The smallest absolute Gasteiger partial charge is 0.246 e. The van der Waals surface area contributed by atoms with Crippen LogP contribution in [0, 0.1) is 0 Å². The molecule has 3 N–H and O–H groups in total. The van der Waals surface area contributed by atoms with Crippen molar-refractivity contribution in [2.75, 3.05) is 25.7 Å². The Bertz CT molecular complexity index is 528. The minimum absolute atomic E-state index is 0.0513. The molecule has 1 saturated heterocycles. The van der Waals surface area contributed by atoms with Crippen molar-refractivity contribution in [1.82, 2.24) is 9.29 Å². The van der Waals surface area contributed by atoms with E-state index in [9.17, 15) is 8.42 Å². The van der Waals surface area contributed by atoms with Gasteiger partial charge in [0.25, 0.3) is 0 Å². The van der Waals surface area contributed by atoms with Gasteiger partial charge in [0.15, 0.2) is 5.82 Å². The minimum Gasteiger partial charge on any atom is -0.381 e. The molecule has 106 valence electrons. The monoisotopic (exact) mass is 286 g/mol. The lowest BCUT2D eigenvalue weighted by molar-refractivity contribution is 0.0632. The highest BCUT2D eigenvalue weighted by atomic mass is 32.2. The predicted molar refractivity (Wildman–Crippen MR) is 70.8 cm³/mol. The average Bonchev–Trinajstić information content (AvgIpc) is 2.47. The summed E-state index contributed by atoms with van der Waals surface area (Å²) in [5, 5.41) is 0. The van der Waals surface area contributed by atoms with Crippen LogP contribution in [-0.4, -0.2) is 44.0 Å². The van der Waals surface area contributed by atoms with Gasteiger partial charge in [-0.25, -0.2) is 19.2 Å². The van der Waals surface area contributed by atoms with Crippen LogP contribution in [0.1, 0.15) is 12.8 Å². The molecule has 8 heteroatoms. The highest BCUT2D eigenvalue weighted by Crippen LogP contribution is 2.25. The van der Waals surface area contributed by atoms with Crippen LogP contribution in [0.15, 0.2) is 23.2 Å². The first kappa shape index (κ1) is 14.2. The summed E-state index contributed by atoms with van der Waals surface area (Å²) in [6, 6.07) is 3.02. The number of ether oxygens (including phenoxy) is 1. The Kier molecular flexibility index (Phi) is 4.35. The third-order valence-electron chi connectivity index (χ3n) is 3.27. The third kappa shape index (κ3) is 2.86. The molecule has 2 rings (SSSR count). The SMILES string of the molecule is CN(C1CCOCC1)S(=O)(=O)c1cccnc1NN. The molecule has 0 saturated carbocycles. The number of pyridine rings is 1. The molecule has 0 aliphatic carbocycles. The molecule has 1 aromatic rings. The van der Waals surface area contributed by atoms with E-state index in [-0.39, 0.29) is 16.8 Å². The topological polar surface area (TPSA) is 97.5 Å². The molecule has 0 bridgehead atoms. The summed E-state index contributed by atoms with van der Waals surface area (Å²) in [5.74, 6) is 5.46. The Balaban J connectivity index is 2.30. The van der Waals surface area contributed by atoms with Crippen LogP contribution in [0.5, 0.6) is 0 Å². The van der Waals surface area contributed by atoms with Crippen LogP contribution in [0.3, 0.4) is 0 Å². The van der Waals surface area contributed by atoms with E-state index in [2.05, 4.69) is 10.4 Å². The first-order chi connectivity index (χ1) is 9.07. The largest absolute Gasteiger partial charge is 0.381 e. The summed E-state index contributed by atoms with van der Waals surface area (Å²) in [7, 11) is -2.03. The molecule has 0 amide bonds. The zero-order valence-electron chi connectivity index (χ0n) is 10.7. The van der Waals surface area contributed by atoms with Crippen molar-refractivity contribution in [2.24, 2.45) is 5.84 Å². The van der Waals surface area contributed by atoms with Gasteiger partial charge in [-0.05, 0) is 25.0 Å². The van der Waals surface area contributed by atoms with Crippen LogP contribution < -0.4 is 11.3 Å². The summed E-state index contributed by atoms with van der Waals surface area (Å²) in [6.45, 7) is 1.17. The molecule has 7 nitrogen and oxygen atoms in total. The van der Waals surface area contributed by atoms with Gasteiger partial charge in [-0.1, -0.05) is 0 Å². The average molecular weight is 286 g/mol. The Hall–Kier alpha value is -1.22. The van der Waals surface area contributed by atoms with Gasteiger partial charge in [-0.15, -0.1) is 0 Å². The molecule has 0 spiro atoms.